The number of carbonyl (C=O) groups is 1. The molecule has 1 heterocycles. The van der Waals surface area contributed by atoms with Gasteiger partial charge in [0.25, 0.3) is 0 Å². The molecule has 1 saturated heterocycles. The van der Waals surface area contributed by atoms with Gasteiger partial charge in [-0.1, -0.05) is 25.4 Å². The lowest BCUT2D eigenvalue weighted by molar-refractivity contribution is -0.123. The standard InChI is InChI=1S/C18H28ClN3O4S/c1-14(2)17(21-27(24,25)16-6-4-15(19)5-7-16)18(23)20-8-3-9-22-10-12-26-13-11-22/h4-7,14,17,21H,3,8-13H2,1-2H3,(H,20,23). The van der Waals surface area contributed by atoms with E-state index >= 15 is 0 Å². The quantitative estimate of drug-likeness (QED) is 0.594. The van der Waals surface area contributed by atoms with Gasteiger partial charge in [-0.25, -0.2) is 8.42 Å². The molecule has 9 heteroatoms. The van der Waals surface area contributed by atoms with Crippen LogP contribution < -0.4 is 10.0 Å². The van der Waals surface area contributed by atoms with Gasteiger partial charge in [0.1, 0.15) is 6.04 Å². The van der Waals surface area contributed by atoms with Crippen molar-refractivity contribution in [2.24, 2.45) is 5.92 Å². The third kappa shape index (κ3) is 7.04. The van der Waals surface area contributed by atoms with Crippen LogP contribution in [0.5, 0.6) is 0 Å². The van der Waals surface area contributed by atoms with Crippen LogP contribution in [-0.4, -0.2) is 64.7 Å². The lowest BCUT2D eigenvalue weighted by atomic mass is 10.1. The lowest BCUT2D eigenvalue weighted by Gasteiger charge is -2.26. The van der Waals surface area contributed by atoms with Crippen molar-refractivity contribution in [3.63, 3.8) is 0 Å². The fraction of sp³-hybridized carbons (Fsp3) is 0.611. The summed E-state index contributed by atoms with van der Waals surface area (Å²) in [5.41, 5.74) is 0. The SMILES string of the molecule is CC(C)C(NS(=O)(=O)c1ccc(Cl)cc1)C(=O)NCCCN1CCOCC1. The highest BCUT2D eigenvalue weighted by molar-refractivity contribution is 7.89. The number of carbonyl (C=O) groups excluding carboxylic acids is 1. The van der Waals surface area contributed by atoms with Gasteiger partial charge >= 0.3 is 0 Å². The molecule has 2 N–H and O–H groups in total. The molecule has 1 unspecified atom stereocenters. The number of benzene rings is 1. The van der Waals surface area contributed by atoms with Gasteiger partial charge in [0.2, 0.25) is 15.9 Å². The molecule has 7 nitrogen and oxygen atoms in total. The zero-order chi connectivity index (χ0) is 19.9. The van der Waals surface area contributed by atoms with Gasteiger partial charge < -0.3 is 10.1 Å². The number of ether oxygens (including phenoxy) is 1. The van der Waals surface area contributed by atoms with Crippen LogP contribution in [-0.2, 0) is 19.6 Å². The van der Waals surface area contributed by atoms with E-state index < -0.39 is 16.1 Å². The van der Waals surface area contributed by atoms with Gasteiger partial charge in [-0.15, -0.1) is 0 Å². The first kappa shape index (κ1) is 22.1. The van der Waals surface area contributed by atoms with Crippen molar-refractivity contribution in [2.75, 3.05) is 39.4 Å². The van der Waals surface area contributed by atoms with Crippen molar-refractivity contribution in [3.8, 4) is 0 Å². The van der Waals surface area contributed by atoms with Gasteiger partial charge in [0.15, 0.2) is 0 Å². The highest BCUT2D eigenvalue weighted by atomic mass is 35.5. The monoisotopic (exact) mass is 417 g/mol. The fourth-order valence-electron chi connectivity index (χ4n) is 2.79. The Bertz CT molecular complexity index is 704. The smallest absolute Gasteiger partial charge is 0.241 e. The van der Waals surface area contributed by atoms with Gasteiger partial charge in [-0.2, -0.15) is 4.72 Å². The highest BCUT2D eigenvalue weighted by Gasteiger charge is 2.28. The van der Waals surface area contributed by atoms with Gasteiger partial charge in [-0.05, 0) is 43.1 Å². The largest absolute Gasteiger partial charge is 0.379 e. The van der Waals surface area contributed by atoms with E-state index in [0.29, 0.717) is 11.6 Å². The number of nitrogens with zero attached hydrogens (tertiary/aromatic N) is 1. The number of hydrogen-bond acceptors (Lipinski definition) is 5. The first-order chi connectivity index (χ1) is 12.8. The van der Waals surface area contributed by atoms with E-state index in [2.05, 4.69) is 14.9 Å². The van der Waals surface area contributed by atoms with Crippen LogP contribution in [0, 0.1) is 5.92 Å². The number of nitrogens with one attached hydrogen (secondary N) is 2. The average Bonchev–Trinajstić information content (AvgIpc) is 2.64. The van der Waals surface area contributed by atoms with Gasteiger partial charge in [0, 0.05) is 24.7 Å². The molecule has 0 aromatic heterocycles. The highest BCUT2D eigenvalue weighted by Crippen LogP contribution is 2.15. The Balaban J connectivity index is 1.87. The Morgan fingerprint density at radius 2 is 1.85 bits per heavy atom. The van der Waals surface area contributed by atoms with Crippen molar-refractivity contribution >= 4 is 27.5 Å². The summed E-state index contributed by atoms with van der Waals surface area (Å²) in [5.74, 6) is -0.504. The third-order valence-electron chi connectivity index (χ3n) is 4.41. The van der Waals surface area contributed by atoms with E-state index in [4.69, 9.17) is 16.3 Å². The van der Waals surface area contributed by atoms with Crippen molar-refractivity contribution in [1.82, 2.24) is 14.9 Å². The molecule has 1 fully saturated rings. The summed E-state index contributed by atoms with van der Waals surface area (Å²) in [6, 6.07) is 5.01. The van der Waals surface area contributed by atoms with Crippen molar-refractivity contribution in [3.05, 3.63) is 29.3 Å². The zero-order valence-corrected chi connectivity index (χ0v) is 17.4. The zero-order valence-electron chi connectivity index (χ0n) is 15.8. The molecule has 2 rings (SSSR count). The Labute approximate surface area is 166 Å². The van der Waals surface area contributed by atoms with Gasteiger partial charge in [-0.3, -0.25) is 9.69 Å². The summed E-state index contributed by atoms with van der Waals surface area (Å²) >= 11 is 5.81. The molecule has 1 amide bonds. The molecule has 0 aliphatic carbocycles. The molecule has 0 saturated carbocycles. The second kappa shape index (κ2) is 10.4. The Hall–Kier alpha value is -1.19. The Kier molecular flexibility index (Phi) is 8.50. The second-order valence-electron chi connectivity index (χ2n) is 6.90. The maximum atomic E-state index is 12.5. The summed E-state index contributed by atoms with van der Waals surface area (Å²) < 4.78 is 32.9. The lowest BCUT2D eigenvalue weighted by Crippen LogP contribution is -2.50. The third-order valence-corrected chi connectivity index (χ3v) is 6.12. The topological polar surface area (TPSA) is 87.7 Å². The van der Waals surface area contributed by atoms with E-state index in [9.17, 15) is 13.2 Å². The fourth-order valence-corrected chi connectivity index (χ4v) is 4.26. The number of rotatable bonds is 9. The Morgan fingerprint density at radius 1 is 1.22 bits per heavy atom. The summed E-state index contributed by atoms with van der Waals surface area (Å²) in [5, 5.41) is 3.29. The molecular weight excluding hydrogens is 390 g/mol. The van der Waals surface area contributed by atoms with E-state index in [-0.39, 0.29) is 16.7 Å². The van der Waals surface area contributed by atoms with Gasteiger partial charge in [0.05, 0.1) is 18.1 Å². The van der Waals surface area contributed by atoms with Crippen LogP contribution in [0.3, 0.4) is 0 Å². The van der Waals surface area contributed by atoms with E-state index in [0.717, 1.165) is 39.3 Å². The van der Waals surface area contributed by atoms with Crippen LogP contribution in [0.15, 0.2) is 29.2 Å². The normalized spacial score (nSPS) is 17.0. The number of sulfonamides is 1. The number of amides is 1. The summed E-state index contributed by atoms with van der Waals surface area (Å²) in [4.78, 5) is 14.9. The molecule has 152 valence electrons. The Morgan fingerprint density at radius 3 is 2.44 bits per heavy atom. The number of halogens is 1. The number of hydrogen-bond donors (Lipinski definition) is 2. The minimum Gasteiger partial charge on any atom is -0.379 e. The predicted molar refractivity (Wildman–Crippen MR) is 105 cm³/mol. The number of morpholine rings is 1. The van der Waals surface area contributed by atoms with Crippen LogP contribution in [0.1, 0.15) is 20.3 Å². The van der Waals surface area contributed by atoms with Crippen LogP contribution in [0.25, 0.3) is 0 Å². The maximum Gasteiger partial charge on any atom is 0.241 e. The van der Waals surface area contributed by atoms with E-state index in [1.165, 1.54) is 24.3 Å². The summed E-state index contributed by atoms with van der Waals surface area (Å²) in [6.07, 6.45) is 0.806. The van der Waals surface area contributed by atoms with Crippen LogP contribution in [0.2, 0.25) is 5.02 Å². The first-order valence-electron chi connectivity index (χ1n) is 9.15. The molecule has 0 bridgehead atoms. The minimum atomic E-state index is -3.81. The summed E-state index contributed by atoms with van der Waals surface area (Å²) in [7, 11) is -3.81. The van der Waals surface area contributed by atoms with Crippen LogP contribution >= 0.6 is 11.6 Å². The molecule has 1 aromatic carbocycles. The molecule has 1 atom stereocenters. The molecule has 27 heavy (non-hydrogen) atoms. The molecule has 1 aromatic rings. The molecule has 0 radical (unpaired) electrons. The van der Waals surface area contributed by atoms with Crippen molar-refractivity contribution in [1.29, 1.82) is 0 Å². The molecular formula is C18H28ClN3O4S. The molecule has 0 spiro atoms. The predicted octanol–water partition coefficient (Wildman–Crippen LogP) is 1.48. The van der Waals surface area contributed by atoms with Crippen molar-refractivity contribution < 1.29 is 17.9 Å². The van der Waals surface area contributed by atoms with E-state index in [1.54, 1.807) is 0 Å². The first-order valence-corrected chi connectivity index (χ1v) is 11.0. The minimum absolute atomic E-state index is 0.0812. The molecule has 1 aliphatic rings. The van der Waals surface area contributed by atoms with E-state index in [1.807, 2.05) is 13.8 Å². The second-order valence-corrected chi connectivity index (χ2v) is 9.05. The maximum absolute atomic E-state index is 12.5. The van der Waals surface area contributed by atoms with Crippen LogP contribution in [0.4, 0.5) is 0 Å². The average molecular weight is 418 g/mol. The summed E-state index contributed by atoms with van der Waals surface area (Å²) in [6.45, 7) is 8.30. The molecule has 1 aliphatic heterocycles. The van der Waals surface area contributed by atoms with Crippen molar-refractivity contribution in [2.45, 2.75) is 31.2 Å².